The zero-order valence-corrected chi connectivity index (χ0v) is 31.6. The van der Waals surface area contributed by atoms with Gasteiger partial charge in [-0.3, -0.25) is 9.59 Å². The van der Waals surface area contributed by atoms with Crippen molar-refractivity contribution in [2.24, 2.45) is 11.8 Å². The first kappa shape index (κ1) is 43.5. The monoisotopic (exact) mass is 796 g/mol. The minimum absolute atomic E-state index is 0. The molecule has 0 unspecified atom stereocenters. The second-order valence-corrected chi connectivity index (χ2v) is 13.5. The van der Waals surface area contributed by atoms with Crippen LogP contribution in [0.4, 0.5) is 11.4 Å². The summed E-state index contributed by atoms with van der Waals surface area (Å²) in [5, 5.41) is 15.4. The van der Waals surface area contributed by atoms with Gasteiger partial charge in [0.05, 0.1) is 51.5 Å². The van der Waals surface area contributed by atoms with Crippen molar-refractivity contribution in [1.82, 2.24) is 0 Å². The van der Waals surface area contributed by atoms with E-state index < -0.39 is 17.8 Å². The number of amides is 2. The van der Waals surface area contributed by atoms with Crippen molar-refractivity contribution in [3.63, 3.8) is 0 Å². The summed E-state index contributed by atoms with van der Waals surface area (Å²) in [5.74, 6) is -0.325. The molecule has 0 bridgehead atoms. The molecule has 4 aromatic carbocycles. The van der Waals surface area contributed by atoms with Crippen molar-refractivity contribution in [1.29, 1.82) is 0 Å². The SMILES string of the molecule is COC(=O)c1ccc(NC(=O)c2cc(Cl)c(OCC3CC3)c(Cl)c2)cc1.O=C(O)c1ccc(NC(=O)c2cc(Cl)c(OCC3CC3)c(Cl)c2)cc1.[Li+].[OH-]. The quantitative estimate of drug-likeness (QED) is 0.109. The van der Waals surface area contributed by atoms with E-state index in [1.165, 1.54) is 55.6 Å². The Morgan fingerprint density at radius 1 is 0.623 bits per heavy atom. The largest absolute Gasteiger partial charge is 1.00 e. The number of ether oxygens (including phenoxy) is 3. The van der Waals surface area contributed by atoms with Crippen LogP contribution in [0, 0.1) is 11.8 Å². The van der Waals surface area contributed by atoms with Crippen molar-refractivity contribution in [2.75, 3.05) is 31.0 Å². The summed E-state index contributed by atoms with van der Waals surface area (Å²) in [6.45, 7) is 1.15. The molecular weight excluding hydrogens is 765 g/mol. The zero-order chi connectivity index (χ0) is 36.7. The van der Waals surface area contributed by atoms with Gasteiger partial charge in [0, 0.05) is 22.5 Å². The molecule has 274 valence electrons. The molecule has 2 aliphatic rings. The maximum absolute atomic E-state index is 12.4. The van der Waals surface area contributed by atoms with E-state index in [4.69, 9.17) is 61.0 Å². The second-order valence-electron chi connectivity index (χ2n) is 11.9. The van der Waals surface area contributed by atoms with Gasteiger partial charge in [0.25, 0.3) is 11.8 Å². The first-order valence-electron chi connectivity index (χ1n) is 15.8. The van der Waals surface area contributed by atoms with Crippen molar-refractivity contribution in [3.8, 4) is 11.5 Å². The van der Waals surface area contributed by atoms with Gasteiger partial charge in [0.2, 0.25) is 0 Å². The maximum atomic E-state index is 12.4. The number of esters is 1. The molecular formula is C37H33Cl4LiN2O9. The normalized spacial score (nSPS) is 12.8. The molecule has 11 nitrogen and oxygen atoms in total. The van der Waals surface area contributed by atoms with Gasteiger partial charge in [0.15, 0.2) is 11.5 Å². The summed E-state index contributed by atoms with van der Waals surface area (Å²) in [6, 6.07) is 18.2. The number of hydrogen-bond acceptors (Lipinski definition) is 8. The van der Waals surface area contributed by atoms with Crippen LogP contribution in [0.25, 0.3) is 0 Å². The molecule has 2 saturated carbocycles. The number of nitrogens with one attached hydrogen (secondary N) is 2. The van der Waals surface area contributed by atoms with Crippen molar-refractivity contribution < 1.29 is 62.8 Å². The predicted molar refractivity (Wildman–Crippen MR) is 198 cm³/mol. The van der Waals surface area contributed by atoms with Gasteiger partial charge in [-0.25, -0.2) is 9.59 Å². The fraction of sp³-hybridized carbons (Fsp3) is 0.243. The molecule has 2 aliphatic carbocycles. The third kappa shape index (κ3) is 12.6. The molecule has 0 aliphatic heterocycles. The Labute approximate surface area is 337 Å². The maximum Gasteiger partial charge on any atom is 1.00 e. The minimum atomic E-state index is -1.03. The number of carbonyl (C=O) groups is 4. The first-order chi connectivity index (χ1) is 24.4. The number of benzene rings is 4. The van der Waals surface area contributed by atoms with Crippen LogP contribution in [0.2, 0.25) is 20.1 Å². The van der Waals surface area contributed by atoms with Gasteiger partial charge >= 0.3 is 30.8 Å². The average molecular weight is 798 g/mol. The van der Waals surface area contributed by atoms with Crippen LogP contribution in [-0.4, -0.2) is 54.7 Å². The van der Waals surface area contributed by atoms with E-state index in [0.717, 1.165) is 25.7 Å². The van der Waals surface area contributed by atoms with Crippen LogP contribution < -0.4 is 39.0 Å². The van der Waals surface area contributed by atoms with E-state index in [1.54, 1.807) is 24.3 Å². The number of anilines is 2. The summed E-state index contributed by atoms with van der Waals surface area (Å²) < 4.78 is 15.9. The molecule has 4 aromatic rings. The molecule has 0 atom stereocenters. The first-order valence-corrected chi connectivity index (χ1v) is 17.3. The fourth-order valence-corrected chi connectivity index (χ4v) is 5.73. The number of carbonyl (C=O) groups excluding carboxylic acids is 3. The van der Waals surface area contributed by atoms with Gasteiger partial charge in [0.1, 0.15) is 0 Å². The zero-order valence-electron chi connectivity index (χ0n) is 28.6. The molecule has 16 heteroatoms. The summed E-state index contributed by atoms with van der Waals surface area (Å²) >= 11 is 24.8. The molecule has 0 spiro atoms. The van der Waals surface area contributed by atoms with Crippen LogP contribution in [0.3, 0.4) is 0 Å². The Kier molecular flexibility index (Phi) is 16.4. The molecule has 53 heavy (non-hydrogen) atoms. The number of hydrogen-bond donors (Lipinski definition) is 3. The molecule has 0 radical (unpaired) electrons. The van der Waals surface area contributed by atoms with Crippen molar-refractivity contribution in [3.05, 3.63) is 115 Å². The van der Waals surface area contributed by atoms with E-state index >= 15 is 0 Å². The van der Waals surface area contributed by atoms with E-state index in [1.807, 2.05) is 0 Å². The topological polar surface area (TPSA) is 170 Å². The van der Waals surface area contributed by atoms with Crippen molar-refractivity contribution >= 4 is 81.5 Å². The third-order valence-electron chi connectivity index (χ3n) is 7.80. The molecule has 0 heterocycles. The number of aromatic carboxylic acids is 1. The minimum Gasteiger partial charge on any atom is -0.870 e. The average Bonchev–Trinajstić information content (AvgIpc) is 4.04. The second kappa shape index (κ2) is 20.0. The standard InChI is InChI=1S/C19H17Cl2NO4.C18H15Cl2NO4.Li.H2O/c1-25-19(24)12-4-6-14(7-5-12)22-18(23)13-8-15(20)17(16(21)9-13)26-10-11-2-3-11;19-14-7-12(8-15(20)16(14)25-9-10-1-2-10)17(22)21-13-5-3-11(4-6-13)18(23)24;;/h4-9,11H,2-3,10H2,1H3,(H,22,23);3-8,10H,1-2,9H2,(H,21,22)(H,23,24);;1H2/q;;+1;/p-1. The molecule has 6 rings (SSSR count). The van der Waals surface area contributed by atoms with Crippen LogP contribution >= 0.6 is 46.4 Å². The van der Waals surface area contributed by atoms with E-state index in [9.17, 15) is 19.2 Å². The summed E-state index contributed by atoms with van der Waals surface area (Å²) in [6.07, 6.45) is 4.61. The molecule has 0 aromatic heterocycles. The van der Waals surface area contributed by atoms with Crippen LogP contribution in [0.5, 0.6) is 11.5 Å². The predicted octanol–water partition coefficient (Wildman–Crippen LogP) is 6.38. The Balaban J connectivity index is 0.000000275. The smallest absolute Gasteiger partial charge is 0.870 e. The van der Waals surface area contributed by atoms with Crippen LogP contribution in [0.15, 0.2) is 72.8 Å². The number of carboxylic acids is 1. The summed E-state index contributed by atoms with van der Waals surface area (Å²) in [4.78, 5) is 47.0. The van der Waals surface area contributed by atoms with Gasteiger partial charge in [-0.1, -0.05) is 46.4 Å². The summed E-state index contributed by atoms with van der Waals surface area (Å²) in [7, 11) is 1.31. The number of halogens is 4. The Morgan fingerprint density at radius 2 is 0.962 bits per heavy atom. The number of rotatable bonds is 12. The summed E-state index contributed by atoms with van der Waals surface area (Å²) in [5.41, 5.74) is 2.14. The number of methoxy groups -OCH3 is 1. The van der Waals surface area contributed by atoms with Gasteiger partial charge in [-0.15, -0.1) is 0 Å². The van der Waals surface area contributed by atoms with E-state index in [0.29, 0.717) is 69.1 Å². The van der Waals surface area contributed by atoms with Crippen LogP contribution in [0.1, 0.15) is 67.1 Å². The Hall–Kier alpha value is -3.92. The molecule has 4 N–H and O–H groups in total. The third-order valence-corrected chi connectivity index (χ3v) is 8.92. The van der Waals surface area contributed by atoms with Gasteiger partial charge in [-0.2, -0.15) is 0 Å². The molecule has 0 saturated heterocycles. The Morgan fingerprint density at radius 3 is 1.26 bits per heavy atom. The van der Waals surface area contributed by atoms with Gasteiger partial charge < -0.3 is 35.4 Å². The van der Waals surface area contributed by atoms with E-state index in [2.05, 4.69) is 15.4 Å². The van der Waals surface area contributed by atoms with Crippen molar-refractivity contribution in [2.45, 2.75) is 25.7 Å². The number of carboxylic acid groups (broad SMARTS) is 1. The van der Waals surface area contributed by atoms with E-state index in [-0.39, 0.29) is 51.4 Å². The Bertz CT molecular complexity index is 1890. The van der Waals surface area contributed by atoms with Crippen LogP contribution in [-0.2, 0) is 4.74 Å². The molecule has 2 fully saturated rings. The van der Waals surface area contributed by atoms with Gasteiger partial charge in [-0.05, 0) is 110 Å². The molecule has 2 amide bonds. The fourth-order valence-electron chi connectivity index (χ4n) is 4.54.